The summed E-state index contributed by atoms with van der Waals surface area (Å²) in [6.45, 7) is 7.24. The van der Waals surface area contributed by atoms with Gasteiger partial charge in [-0.25, -0.2) is 0 Å². The van der Waals surface area contributed by atoms with Crippen molar-refractivity contribution in [3.05, 3.63) is 0 Å². The zero-order valence-corrected chi connectivity index (χ0v) is 9.21. The molecular weight excluding hydrogens is 164 g/mol. The second-order valence-electron chi connectivity index (χ2n) is 4.51. The van der Waals surface area contributed by atoms with Crippen molar-refractivity contribution in [2.45, 2.75) is 25.9 Å². The molecule has 0 saturated carbocycles. The highest BCUT2D eigenvalue weighted by Crippen LogP contribution is 2.08. The van der Waals surface area contributed by atoms with Crippen LogP contribution in [0.2, 0.25) is 0 Å². The van der Waals surface area contributed by atoms with Crippen LogP contribution in [0.4, 0.5) is 0 Å². The molecule has 1 rings (SSSR count). The number of rotatable bonds is 3. The summed E-state index contributed by atoms with van der Waals surface area (Å²) in [6.07, 6.45) is 0. The molecule has 0 aromatic heterocycles. The average Bonchev–Trinajstić information content (AvgIpc) is 2.03. The fourth-order valence-corrected chi connectivity index (χ4v) is 1.67. The Morgan fingerprint density at radius 2 is 2.15 bits per heavy atom. The van der Waals surface area contributed by atoms with E-state index in [1.54, 1.807) is 0 Å². The van der Waals surface area contributed by atoms with Crippen LogP contribution in [0, 0.1) is 5.92 Å². The summed E-state index contributed by atoms with van der Waals surface area (Å²) in [5.74, 6) is 0.657. The summed E-state index contributed by atoms with van der Waals surface area (Å²) >= 11 is 0. The highest BCUT2D eigenvalue weighted by Gasteiger charge is 2.23. The van der Waals surface area contributed by atoms with E-state index in [0.29, 0.717) is 18.0 Å². The zero-order valence-electron chi connectivity index (χ0n) is 9.21. The van der Waals surface area contributed by atoms with Crippen LogP contribution >= 0.6 is 0 Å². The van der Waals surface area contributed by atoms with Crippen molar-refractivity contribution in [3.63, 3.8) is 0 Å². The first-order chi connectivity index (χ1) is 6.09. The first-order valence-corrected chi connectivity index (χ1v) is 5.08. The van der Waals surface area contributed by atoms with E-state index in [1.165, 1.54) is 0 Å². The fourth-order valence-electron chi connectivity index (χ4n) is 1.67. The maximum absolute atomic E-state index is 5.57. The minimum atomic E-state index is 0. The monoisotopic (exact) mass is 188 g/mol. The van der Waals surface area contributed by atoms with Gasteiger partial charge in [-0.05, 0) is 20.0 Å². The molecule has 1 unspecified atom stereocenters. The Balaban J connectivity index is 0.00000169. The Bertz CT molecular complexity index is 153. The van der Waals surface area contributed by atoms with Crippen molar-refractivity contribution in [1.82, 2.24) is 10.2 Å². The second-order valence-corrected chi connectivity index (χ2v) is 4.51. The topological polar surface area (TPSA) is 24.5 Å². The molecule has 1 heterocycles. The largest absolute Gasteiger partial charge is 0.378 e. The van der Waals surface area contributed by atoms with Gasteiger partial charge in [-0.1, -0.05) is 13.8 Å². The lowest BCUT2D eigenvalue weighted by atomic mass is 10.0. The standard InChI is InChI=1S/C10H22N2O.H2/c1-8(2)10-7-13-6-9(11-10)5-12(3)4;/h8-11H,5-7H2,1-4H3;1H/t9-,10?;/m1./s1. The van der Waals surface area contributed by atoms with Crippen molar-refractivity contribution < 1.29 is 6.16 Å². The lowest BCUT2D eigenvalue weighted by molar-refractivity contribution is 0.0252. The third-order valence-corrected chi connectivity index (χ3v) is 2.46. The Morgan fingerprint density at radius 1 is 1.46 bits per heavy atom. The minimum Gasteiger partial charge on any atom is -0.378 e. The Kier molecular flexibility index (Phi) is 4.16. The molecule has 13 heavy (non-hydrogen) atoms. The molecule has 0 aromatic carbocycles. The maximum atomic E-state index is 5.57. The summed E-state index contributed by atoms with van der Waals surface area (Å²) < 4.78 is 5.57. The van der Waals surface area contributed by atoms with Gasteiger partial charge in [0.1, 0.15) is 0 Å². The van der Waals surface area contributed by atoms with Crippen molar-refractivity contribution in [3.8, 4) is 0 Å². The molecule has 1 aliphatic heterocycles. The van der Waals surface area contributed by atoms with Gasteiger partial charge in [0.05, 0.1) is 13.2 Å². The lowest BCUT2D eigenvalue weighted by Crippen LogP contribution is -2.54. The van der Waals surface area contributed by atoms with Crippen LogP contribution in [0.3, 0.4) is 0 Å². The summed E-state index contributed by atoms with van der Waals surface area (Å²) in [5, 5.41) is 3.62. The summed E-state index contributed by atoms with van der Waals surface area (Å²) in [5.41, 5.74) is 0. The number of hydrogen-bond acceptors (Lipinski definition) is 3. The van der Waals surface area contributed by atoms with Crippen molar-refractivity contribution in [1.29, 1.82) is 0 Å². The molecule has 2 atom stereocenters. The van der Waals surface area contributed by atoms with Gasteiger partial charge in [0, 0.05) is 20.1 Å². The molecule has 3 heteroatoms. The molecule has 0 aromatic rings. The predicted molar refractivity (Wildman–Crippen MR) is 57.0 cm³/mol. The van der Waals surface area contributed by atoms with Crippen LogP contribution in [0.1, 0.15) is 15.3 Å². The van der Waals surface area contributed by atoms with Crippen LogP contribution in [0.15, 0.2) is 0 Å². The average molecular weight is 188 g/mol. The van der Waals surface area contributed by atoms with Gasteiger partial charge in [-0.3, -0.25) is 0 Å². The van der Waals surface area contributed by atoms with Crippen LogP contribution in [0.25, 0.3) is 0 Å². The number of hydrogen-bond donors (Lipinski definition) is 1. The van der Waals surface area contributed by atoms with Crippen molar-refractivity contribution >= 4 is 0 Å². The van der Waals surface area contributed by atoms with Crippen LogP contribution < -0.4 is 5.32 Å². The quantitative estimate of drug-likeness (QED) is 0.709. The number of likely N-dealkylation sites (N-methyl/N-ethyl adjacent to an activating group) is 1. The Labute approximate surface area is 82.9 Å². The van der Waals surface area contributed by atoms with Crippen LogP contribution in [-0.2, 0) is 4.74 Å². The van der Waals surface area contributed by atoms with Crippen LogP contribution in [-0.4, -0.2) is 50.8 Å². The van der Waals surface area contributed by atoms with E-state index in [0.717, 1.165) is 19.8 Å². The van der Waals surface area contributed by atoms with E-state index in [4.69, 9.17) is 4.74 Å². The van der Waals surface area contributed by atoms with Gasteiger partial charge in [-0.15, -0.1) is 0 Å². The molecule has 1 N–H and O–H groups in total. The molecule has 1 aliphatic rings. The number of nitrogens with zero attached hydrogens (tertiary/aromatic N) is 1. The SMILES string of the molecule is CC(C)C1COC[C@@H](CN(C)C)N1.[HH]. The van der Waals surface area contributed by atoms with E-state index in [-0.39, 0.29) is 1.43 Å². The fraction of sp³-hybridized carbons (Fsp3) is 1.00. The molecule has 1 saturated heterocycles. The summed E-state index contributed by atoms with van der Waals surface area (Å²) in [4.78, 5) is 2.20. The van der Waals surface area contributed by atoms with Gasteiger partial charge < -0.3 is 15.0 Å². The van der Waals surface area contributed by atoms with Gasteiger partial charge in [0.15, 0.2) is 0 Å². The molecule has 0 bridgehead atoms. The minimum absolute atomic E-state index is 0. The van der Waals surface area contributed by atoms with Gasteiger partial charge in [0.25, 0.3) is 0 Å². The lowest BCUT2D eigenvalue weighted by Gasteiger charge is -2.34. The summed E-state index contributed by atoms with van der Waals surface area (Å²) in [7, 11) is 4.20. The Hall–Kier alpha value is -0.120. The molecule has 0 spiro atoms. The van der Waals surface area contributed by atoms with Gasteiger partial charge in [0.2, 0.25) is 0 Å². The van der Waals surface area contributed by atoms with E-state index in [1.807, 2.05) is 0 Å². The molecule has 0 amide bonds. The van der Waals surface area contributed by atoms with Crippen LogP contribution in [0.5, 0.6) is 0 Å². The summed E-state index contributed by atoms with van der Waals surface area (Å²) in [6, 6.07) is 1.02. The smallest absolute Gasteiger partial charge is 0.0633 e. The van der Waals surface area contributed by atoms with Gasteiger partial charge in [-0.2, -0.15) is 0 Å². The zero-order chi connectivity index (χ0) is 9.84. The maximum Gasteiger partial charge on any atom is 0.0633 e. The second kappa shape index (κ2) is 4.94. The molecule has 1 fully saturated rings. The number of nitrogens with one attached hydrogen (secondary N) is 1. The molecular formula is C10H24N2O. The number of morpholine rings is 1. The first kappa shape index (κ1) is 11.0. The highest BCUT2D eigenvalue weighted by atomic mass is 16.5. The molecule has 0 radical (unpaired) electrons. The Morgan fingerprint density at radius 3 is 2.69 bits per heavy atom. The van der Waals surface area contributed by atoms with E-state index >= 15 is 0 Å². The molecule has 3 nitrogen and oxygen atoms in total. The van der Waals surface area contributed by atoms with Crippen molar-refractivity contribution in [2.24, 2.45) is 5.92 Å². The molecule has 0 aliphatic carbocycles. The van der Waals surface area contributed by atoms with E-state index < -0.39 is 0 Å². The normalized spacial score (nSPS) is 30.0. The third-order valence-electron chi connectivity index (χ3n) is 2.46. The van der Waals surface area contributed by atoms with Gasteiger partial charge >= 0.3 is 0 Å². The third kappa shape index (κ3) is 3.63. The highest BCUT2D eigenvalue weighted by molar-refractivity contribution is 4.81. The predicted octanol–water partition coefficient (Wildman–Crippen LogP) is 0.807. The number of ether oxygens (including phenoxy) is 1. The first-order valence-electron chi connectivity index (χ1n) is 5.08. The van der Waals surface area contributed by atoms with E-state index in [2.05, 4.69) is 38.2 Å². The van der Waals surface area contributed by atoms with Crippen molar-refractivity contribution in [2.75, 3.05) is 33.9 Å². The van der Waals surface area contributed by atoms with E-state index in [9.17, 15) is 0 Å². The molecule has 80 valence electrons.